The zero-order chi connectivity index (χ0) is 23.3. The topological polar surface area (TPSA) is 118 Å². The molecule has 2 amide bonds. The van der Waals surface area contributed by atoms with Gasteiger partial charge in [0.2, 0.25) is 0 Å². The molecule has 0 saturated heterocycles. The summed E-state index contributed by atoms with van der Waals surface area (Å²) in [6.45, 7) is 4.04. The summed E-state index contributed by atoms with van der Waals surface area (Å²) in [5.74, 6) is 13.4. The van der Waals surface area contributed by atoms with Crippen LogP contribution in [0, 0.1) is 25.2 Å². The Kier molecular flexibility index (Phi) is 6.95. The molecule has 8 nitrogen and oxygen atoms in total. The first-order valence-electron chi connectivity index (χ1n) is 9.87. The molecule has 0 fully saturated rings. The van der Waals surface area contributed by atoms with E-state index in [-0.39, 0.29) is 6.61 Å². The Morgan fingerprint density at radius 2 is 1.72 bits per heavy atom. The maximum absolute atomic E-state index is 12.2. The van der Waals surface area contributed by atoms with Crippen molar-refractivity contribution in [2.45, 2.75) is 20.5 Å². The second kappa shape index (κ2) is 9.83. The number of hydrogen-bond donors (Lipinski definition) is 2. The fourth-order valence-electron chi connectivity index (χ4n) is 3.14. The molecule has 0 atom stereocenters. The quantitative estimate of drug-likeness (QED) is 0.344. The van der Waals surface area contributed by atoms with E-state index in [2.05, 4.69) is 6.07 Å². The minimum absolute atomic E-state index is 0.211. The van der Waals surface area contributed by atoms with E-state index in [0.717, 1.165) is 26.7 Å². The summed E-state index contributed by atoms with van der Waals surface area (Å²) in [6, 6.07) is 19.5. The highest BCUT2D eigenvalue weighted by molar-refractivity contribution is 5.91. The van der Waals surface area contributed by atoms with Gasteiger partial charge in [-0.05, 0) is 67.4 Å². The number of carbonyl (C=O) groups is 1. The molecule has 164 valence electrons. The van der Waals surface area contributed by atoms with Crippen LogP contribution in [0.4, 0.5) is 10.5 Å². The lowest BCUT2D eigenvalue weighted by atomic mass is 10.1. The first-order chi connectivity index (χ1) is 15.3. The Bertz CT molecular complexity index is 1170. The van der Waals surface area contributed by atoms with Crippen molar-refractivity contribution in [2.24, 2.45) is 11.7 Å². The molecule has 0 aliphatic carbocycles. The van der Waals surface area contributed by atoms with Crippen LogP contribution in [0.2, 0.25) is 0 Å². The van der Waals surface area contributed by atoms with Crippen molar-refractivity contribution < 1.29 is 14.3 Å². The van der Waals surface area contributed by atoms with Crippen LogP contribution in [0.3, 0.4) is 0 Å². The normalized spacial score (nSPS) is 10.2. The van der Waals surface area contributed by atoms with Crippen molar-refractivity contribution >= 4 is 11.7 Å². The Balaban J connectivity index is 1.76. The predicted octanol–water partition coefficient (Wildman–Crippen LogP) is 4.15. The van der Waals surface area contributed by atoms with E-state index in [0.29, 0.717) is 28.5 Å². The van der Waals surface area contributed by atoms with E-state index in [1.807, 2.05) is 38.1 Å². The van der Waals surface area contributed by atoms with Crippen molar-refractivity contribution in [3.63, 3.8) is 0 Å². The summed E-state index contributed by atoms with van der Waals surface area (Å²) in [4.78, 5) is 12.2. The van der Waals surface area contributed by atoms with Gasteiger partial charge in [0.15, 0.2) is 0 Å². The monoisotopic (exact) mass is 431 g/mol. The van der Waals surface area contributed by atoms with E-state index in [1.54, 1.807) is 36.4 Å². The molecule has 0 aliphatic heterocycles. The van der Waals surface area contributed by atoms with E-state index in [9.17, 15) is 4.79 Å². The van der Waals surface area contributed by atoms with Gasteiger partial charge in [0.25, 0.3) is 0 Å². The molecule has 8 heteroatoms. The molecule has 4 N–H and O–H groups in total. The molecular weight excluding hydrogens is 406 g/mol. The van der Waals surface area contributed by atoms with E-state index < -0.39 is 6.03 Å². The van der Waals surface area contributed by atoms with Gasteiger partial charge in [0, 0.05) is 12.6 Å². The molecule has 32 heavy (non-hydrogen) atoms. The molecule has 0 aliphatic rings. The number of hydrogen-bond acceptors (Lipinski definition) is 6. The van der Waals surface area contributed by atoms with E-state index in [4.69, 9.17) is 26.4 Å². The third kappa shape index (κ3) is 5.16. The fraction of sp³-hybridized carbons (Fsp3) is 0.167. The van der Waals surface area contributed by atoms with Crippen LogP contribution in [0.5, 0.6) is 17.2 Å². The van der Waals surface area contributed by atoms with Crippen molar-refractivity contribution in [3.05, 3.63) is 82.9 Å². The Labute approximate surface area is 187 Å². The number of hydrazine groups is 2. The van der Waals surface area contributed by atoms with Crippen molar-refractivity contribution in [1.82, 2.24) is 5.01 Å². The molecule has 0 radical (unpaired) electrons. The van der Waals surface area contributed by atoms with Gasteiger partial charge in [-0.3, -0.25) is 5.01 Å². The third-order valence-corrected chi connectivity index (χ3v) is 4.87. The van der Waals surface area contributed by atoms with Gasteiger partial charge < -0.3 is 9.47 Å². The summed E-state index contributed by atoms with van der Waals surface area (Å²) in [7, 11) is 1.43. The number of benzene rings is 3. The maximum atomic E-state index is 12.2. The molecule has 0 heterocycles. The lowest BCUT2D eigenvalue weighted by Gasteiger charge is -2.24. The molecule has 0 saturated carbocycles. The molecule has 3 rings (SSSR count). The lowest BCUT2D eigenvalue weighted by molar-refractivity contribution is 0.216. The molecule has 0 spiro atoms. The van der Waals surface area contributed by atoms with Gasteiger partial charge in [0.05, 0.1) is 17.3 Å². The number of nitrogens with two attached hydrogens (primary N) is 2. The highest BCUT2D eigenvalue weighted by Gasteiger charge is 2.19. The first kappa shape index (κ1) is 22.6. The molecule has 0 aromatic heterocycles. The average Bonchev–Trinajstić information content (AvgIpc) is 2.78. The number of rotatable bonds is 6. The standard InChI is InChI=1S/C24H25N5O3/c1-16-6-4-9-22(29(27)24(30)28(3)26)21(16)15-31-23-11-10-20(12-17(23)2)32-19-8-5-7-18(13-19)14-25/h4-13H,15,26-27H2,1-3H3. The zero-order valence-electron chi connectivity index (χ0n) is 18.2. The maximum Gasteiger partial charge on any atom is 0.352 e. The SMILES string of the molecule is Cc1cc(Oc2cccc(C#N)c2)ccc1OCc1c(C)cccc1N(N)C(=O)N(C)N. The van der Waals surface area contributed by atoms with Gasteiger partial charge in [-0.1, -0.05) is 18.2 Å². The van der Waals surface area contributed by atoms with Crippen molar-refractivity contribution in [2.75, 3.05) is 12.1 Å². The molecule has 0 unspecified atom stereocenters. The number of ether oxygens (including phenoxy) is 2. The molecule has 3 aromatic carbocycles. The summed E-state index contributed by atoms with van der Waals surface area (Å²) < 4.78 is 11.9. The number of nitrogens with zero attached hydrogens (tertiary/aromatic N) is 3. The minimum atomic E-state index is -0.546. The fourth-order valence-corrected chi connectivity index (χ4v) is 3.14. The number of nitriles is 1. The first-order valence-corrected chi connectivity index (χ1v) is 9.87. The van der Waals surface area contributed by atoms with Crippen LogP contribution in [-0.4, -0.2) is 18.1 Å². The molecule has 0 bridgehead atoms. The van der Waals surface area contributed by atoms with Crippen LogP contribution >= 0.6 is 0 Å². The summed E-state index contributed by atoms with van der Waals surface area (Å²) in [5, 5.41) is 11.0. The number of amides is 2. The third-order valence-electron chi connectivity index (χ3n) is 4.87. The predicted molar refractivity (Wildman–Crippen MR) is 122 cm³/mol. The Morgan fingerprint density at radius 3 is 2.41 bits per heavy atom. The van der Waals surface area contributed by atoms with Crippen molar-refractivity contribution in [3.8, 4) is 23.3 Å². The lowest BCUT2D eigenvalue weighted by Crippen LogP contribution is -2.49. The van der Waals surface area contributed by atoms with Crippen LogP contribution in [0.1, 0.15) is 22.3 Å². The summed E-state index contributed by atoms with van der Waals surface area (Å²) >= 11 is 0. The molecular formula is C24H25N5O3. The second-order valence-electron chi connectivity index (χ2n) is 7.29. The van der Waals surface area contributed by atoms with Gasteiger partial charge in [-0.25, -0.2) is 21.5 Å². The highest BCUT2D eigenvalue weighted by Crippen LogP contribution is 2.30. The largest absolute Gasteiger partial charge is 0.489 e. The van der Waals surface area contributed by atoms with Gasteiger partial charge in [0.1, 0.15) is 23.9 Å². The second-order valence-corrected chi connectivity index (χ2v) is 7.29. The van der Waals surface area contributed by atoms with Crippen LogP contribution < -0.4 is 26.2 Å². The van der Waals surface area contributed by atoms with Crippen molar-refractivity contribution in [1.29, 1.82) is 5.26 Å². The number of aryl methyl sites for hydroxylation is 2. The highest BCUT2D eigenvalue weighted by atomic mass is 16.5. The van der Waals surface area contributed by atoms with E-state index >= 15 is 0 Å². The summed E-state index contributed by atoms with van der Waals surface area (Å²) in [6.07, 6.45) is 0. The Hall–Kier alpha value is -4.06. The summed E-state index contributed by atoms with van der Waals surface area (Å²) in [5.41, 5.74) is 3.62. The number of urea groups is 1. The average molecular weight is 431 g/mol. The van der Waals surface area contributed by atoms with Crippen LogP contribution in [0.25, 0.3) is 0 Å². The van der Waals surface area contributed by atoms with Crippen LogP contribution in [-0.2, 0) is 6.61 Å². The van der Waals surface area contributed by atoms with E-state index in [1.165, 1.54) is 7.05 Å². The number of anilines is 1. The smallest absolute Gasteiger partial charge is 0.352 e. The van der Waals surface area contributed by atoms with Gasteiger partial charge in [-0.15, -0.1) is 0 Å². The zero-order valence-corrected chi connectivity index (χ0v) is 18.2. The van der Waals surface area contributed by atoms with Crippen LogP contribution in [0.15, 0.2) is 60.7 Å². The Morgan fingerprint density at radius 1 is 1.00 bits per heavy atom. The van der Waals surface area contributed by atoms with Gasteiger partial charge >= 0.3 is 6.03 Å². The van der Waals surface area contributed by atoms with Gasteiger partial charge in [-0.2, -0.15) is 5.26 Å². The molecule has 3 aromatic rings. The number of carbonyl (C=O) groups excluding carboxylic acids is 1. The minimum Gasteiger partial charge on any atom is -0.489 e.